The quantitative estimate of drug-likeness (QED) is 0.164. The first-order valence-electron chi connectivity index (χ1n) is 18.1. The Kier molecular flexibility index (Phi) is 11.6. The molecule has 4 aromatic rings. The Morgan fingerprint density at radius 3 is 2.22 bits per heavy atom. The number of benzene rings is 3. The highest BCUT2D eigenvalue weighted by atomic mass is 16.6. The second-order valence-corrected chi connectivity index (χ2v) is 13.9. The maximum atomic E-state index is 13.5. The van der Waals surface area contributed by atoms with Crippen molar-refractivity contribution in [3.05, 3.63) is 113 Å². The zero-order chi connectivity index (χ0) is 34.2. The number of aliphatic hydroxyl groups excluding tert-OH is 1. The first-order chi connectivity index (χ1) is 23.9. The van der Waals surface area contributed by atoms with Gasteiger partial charge in [0.1, 0.15) is 11.8 Å². The molecule has 2 aliphatic rings. The Morgan fingerprint density at radius 2 is 1.57 bits per heavy atom. The van der Waals surface area contributed by atoms with Gasteiger partial charge in [0.15, 0.2) is 0 Å². The van der Waals surface area contributed by atoms with E-state index in [9.17, 15) is 9.90 Å². The van der Waals surface area contributed by atoms with Gasteiger partial charge in [0.2, 0.25) is 0 Å². The number of hydrogen-bond donors (Lipinski definition) is 2. The van der Waals surface area contributed by atoms with Gasteiger partial charge in [0.25, 0.3) is 0 Å². The summed E-state index contributed by atoms with van der Waals surface area (Å²) in [7, 11) is 0. The molecular weight excluding hydrogens is 612 g/mol. The lowest BCUT2D eigenvalue weighted by molar-refractivity contribution is 0.0938. The number of nitrogens with zero attached hydrogens (tertiary/aromatic N) is 5. The third-order valence-electron chi connectivity index (χ3n) is 10.2. The minimum absolute atomic E-state index is 0.0457. The minimum atomic E-state index is -0.748. The number of amides is 1. The Morgan fingerprint density at radius 1 is 0.918 bits per heavy atom. The smallest absolute Gasteiger partial charge is 0.407 e. The summed E-state index contributed by atoms with van der Waals surface area (Å²) < 4.78 is 7.83. The van der Waals surface area contributed by atoms with E-state index in [-0.39, 0.29) is 18.2 Å². The van der Waals surface area contributed by atoms with Gasteiger partial charge < -0.3 is 20.1 Å². The summed E-state index contributed by atoms with van der Waals surface area (Å²) in [4.78, 5) is 18.3. The second kappa shape index (κ2) is 16.5. The van der Waals surface area contributed by atoms with Gasteiger partial charge in [-0.15, -0.1) is 5.10 Å². The molecule has 6 rings (SSSR count). The predicted molar refractivity (Wildman–Crippen MR) is 194 cm³/mol. The van der Waals surface area contributed by atoms with Crippen LogP contribution in [0.2, 0.25) is 0 Å². The van der Waals surface area contributed by atoms with E-state index in [2.05, 4.69) is 71.4 Å². The molecule has 1 saturated carbocycles. The lowest BCUT2D eigenvalue weighted by Gasteiger charge is -2.37. The molecule has 0 unspecified atom stereocenters. The molecule has 0 radical (unpaired) electrons. The van der Waals surface area contributed by atoms with Gasteiger partial charge in [-0.2, -0.15) is 0 Å². The van der Waals surface area contributed by atoms with Crippen molar-refractivity contribution >= 4 is 11.8 Å². The molecule has 0 bridgehead atoms. The molecule has 1 aliphatic heterocycles. The minimum Gasteiger partial charge on any atom is -0.446 e. The lowest BCUT2D eigenvalue weighted by Crippen LogP contribution is -2.46. The van der Waals surface area contributed by atoms with Crippen molar-refractivity contribution in [2.24, 2.45) is 0 Å². The zero-order valence-corrected chi connectivity index (χ0v) is 29.3. The van der Waals surface area contributed by atoms with Crippen LogP contribution in [-0.4, -0.2) is 69.4 Å². The summed E-state index contributed by atoms with van der Waals surface area (Å²) in [6.07, 6.45) is 4.50. The maximum absolute atomic E-state index is 13.5. The van der Waals surface area contributed by atoms with Crippen LogP contribution in [0.5, 0.6) is 0 Å². The van der Waals surface area contributed by atoms with Crippen molar-refractivity contribution in [1.82, 2.24) is 25.2 Å². The van der Waals surface area contributed by atoms with E-state index in [1.165, 1.54) is 16.8 Å². The zero-order valence-electron chi connectivity index (χ0n) is 29.3. The number of anilines is 1. The number of hydrogen-bond acceptors (Lipinski definition) is 7. The molecule has 2 fully saturated rings. The van der Waals surface area contributed by atoms with E-state index in [1.54, 1.807) is 0 Å². The number of carbonyl (C=O) groups is 1. The molecule has 2 heterocycles. The number of piperazine rings is 1. The van der Waals surface area contributed by atoms with Gasteiger partial charge in [0, 0.05) is 38.4 Å². The van der Waals surface area contributed by atoms with Crippen molar-refractivity contribution in [2.45, 2.75) is 96.6 Å². The van der Waals surface area contributed by atoms with Crippen LogP contribution >= 0.6 is 0 Å². The van der Waals surface area contributed by atoms with Gasteiger partial charge in [-0.25, -0.2) is 9.48 Å². The number of aromatic nitrogens is 3. The Labute approximate surface area is 291 Å². The molecule has 3 aromatic carbocycles. The van der Waals surface area contributed by atoms with E-state index >= 15 is 0 Å². The van der Waals surface area contributed by atoms with Crippen LogP contribution in [0.1, 0.15) is 84.8 Å². The third kappa shape index (κ3) is 8.88. The highest BCUT2D eigenvalue weighted by Gasteiger charge is 2.33. The van der Waals surface area contributed by atoms with Crippen molar-refractivity contribution in [3.8, 4) is 0 Å². The van der Waals surface area contributed by atoms with E-state index in [0.717, 1.165) is 74.4 Å². The van der Waals surface area contributed by atoms with Gasteiger partial charge in [0.05, 0.1) is 23.9 Å². The van der Waals surface area contributed by atoms with Gasteiger partial charge in [-0.1, -0.05) is 84.9 Å². The summed E-state index contributed by atoms with van der Waals surface area (Å²) >= 11 is 0. The van der Waals surface area contributed by atoms with Gasteiger partial charge in [-0.3, -0.25) is 4.90 Å². The SMILES string of the molecule is CC[C@H](O)c1c(CN2CCN(c3cc(C)ccc3C)CC2)nnn1[C@@H](Cc1ccccc1)[C@H](Cc1ccccc1)NC(=O)OC1CCCC1. The molecule has 1 amide bonds. The van der Waals surface area contributed by atoms with E-state index in [1.807, 2.05) is 48.0 Å². The first kappa shape index (κ1) is 34.6. The number of rotatable bonds is 13. The van der Waals surface area contributed by atoms with Crippen molar-refractivity contribution in [3.63, 3.8) is 0 Å². The summed E-state index contributed by atoms with van der Waals surface area (Å²) in [5, 5.41) is 24.4. The fourth-order valence-electron chi connectivity index (χ4n) is 7.40. The van der Waals surface area contributed by atoms with Gasteiger partial charge >= 0.3 is 6.09 Å². The standard InChI is InChI=1S/C40H52N6O3/c1-4-38(47)39-35(28-44-21-23-45(24-22-44)36-25-29(2)19-20-30(36)3)42-43-46(39)37(27-32-15-9-6-10-16-32)34(26-31-13-7-5-8-14-31)41-40(48)49-33-17-11-12-18-33/h5-10,13-16,19-20,25,33-34,37-38,47H,4,11-12,17-18,21-24,26-28H2,1-3H3,(H,41,48)/t34-,37-,38-/m0/s1. The van der Waals surface area contributed by atoms with E-state index < -0.39 is 12.2 Å². The van der Waals surface area contributed by atoms with Crippen LogP contribution in [0.25, 0.3) is 0 Å². The summed E-state index contributed by atoms with van der Waals surface area (Å²) in [6, 6.07) is 26.5. The van der Waals surface area contributed by atoms with Crippen LogP contribution in [0.3, 0.4) is 0 Å². The summed E-state index contributed by atoms with van der Waals surface area (Å²) in [5.41, 5.74) is 7.61. The molecule has 260 valence electrons. The van der Waals surface area contributed by atoms with Gasteiger partial charge in [-0.05, 0) is 87.1 Å². The third-order valence-corrected chi connectivity index (χ3v) is 10.2. The Bertz CT molecular complexity index is 1630. The molecule has 9 heteroatoms. The number of alkyl carbamates (subject to hydrolysis) is 1. The fraction of sp³-hybridized carbons (Fsp3) is 0.475. The highest BCUT2D eigenvalue weighted by molar-refractivity contribution is 5.68. The van der Waals surface area contributed by atoms with E-state index in [4.69, 9.17) is 15.0 Å². The number of carbonyl (C=O) groups excluding carboxylic acids is 1. The van der Waals surface area contributed by atoms with Crippen LogP contribution in [-0.2, 0) is 24.1 Å². The monoisotopic (exact) mass is 664 g/mol. The maximum Gasteiger partial charge on any atom is 0.407 e. The average Bonchev–Trinajstić information content (AvgIpc) is 3.79. The summed E-state index contributed by atoms with van der Waals surface area (Å²) in [5.74, 6) is 0. The van der Waals surface area contributed by atoms with Crippen molar-refractivity contribution in [2.75, 3.05) is 31.1 Å². The molecule has 49 heavy (non-hydrogen) atoms. The fourth-order valence-corrected chi connectivity index (χ4v) is 7.40. The normalized spacial score (nSPS) is 17.5. The first-order valence-corrected chi connectivity index (χ1v) is 18.1. The molecule has 9 nitrogen and oxygen atoms in total. The molecule has 1 aliphatic carbocycles. The number of aliphatic hydroxyl groups is 1. The summed E-state index contributed by atoms with van der Waals surface area (Å²) in [6.45, 7) is 10.5. The molecule has 0 spiro atoms. The van der Waals surface area contributed by atoms with Crippen molar-refractivity contribution < 1.29 is 14.6 Å². The lowest BCUT2D eigenvalue weighted by atomic mass is 9.93. The number of aryl methyl sites for hydroxylation is 2. The number of nitrogens with one attached hydrogen (secondary N) is 1. The number of ether oxygens (including phenoxy) is 1. The van der Waals surface area contributed by atoms with E-state index in [0.29, 0.717) is 25.8 Å². The highest BCUT2D eigenvalue weighted by Crippen LogP contribution is 2.30. The van der Waals surface area contributed by atoms with Crippen LogP contribution in [0, 0.1) is 13.8 Å². The second-order valence-electron chi connectivity index (χ2n) is 13.9. The average molecular weight is 665 g/mol. The van der Waals surface area contributed by atoms with Crippen molar-refractivity contribution in [1.29, 1.82) is 0 Å². The largest absolute Gasteiger partial charge is 0.446 e. The Balaban J connectivity index is 1.29. The topological polar surface area (TPSA) is 95.8 Å². The molecule has 1 aromatic heterocycles. The molecular formula is C40H52N6O3. The predicted octanol–water partition coefficient (Wildman–Crippen LogP) is 6.72. The van der Waals surface area contributed by atoms with Crippen LogP contribution in [0.15, 0.2) is 78.9 Å². The molecule has 1 saturated heterocycles. The Hall–Kier alpha value is -4.21. The molecule has 3 atom stereocenters. The van der Waals surface area contributed by atoms with Crippen LogP contribution in [0.4, 0.5) is 10.5 Å². The van der Waals surface area contributed by atoms with Crippen LogP contribution < -0.4 is 10.2 Å². The molecule has 2 N–H and O–H groups in total.